The summed E-state index contributed by atoms with van der Waals surface area (Å²) in [7, 11) is -3.82. The molecule has 1 heterocycles. The molecule has 0 atom stereocenters. The molecule has 0 unspecified atom stereocenters. The van der Waals surface area contributed by atoms with Crippen molar-refractivity contribution in [1.82, 2.24) is 4.31 Å². The van der Waals surface area contributed by atoms with E-state index < -0.39 is 10.0 Å². The number of nitrogens with zero attached hydrogens (tertiary/aromatic N) is 1. The smallest absolute Gasteiger partial charge is 0.243 e. The number of sulfonamides is 1. The number of nitrogen functional groups attached to an aromatic ring is 1. The molecule has 24 heavy (non-hydrogen) atoms. The number of nitrogens with two attached hydrogens (primary N) is 1. The first-order valence-electron chi connectivity index (χ1n) is 7.41. The molecule has 0 spiro atoms. The number of anilines is 1. The van der Waals surface area contributed by atoms with Gasteiger partial charge in [-0.15, -0.1) is 0 Å². The van der Waals surface area contributed by atoms with E-state index in [-0.39, 0.29) is 31.2 Å². The first-order chi connectivity index (χ1) is 11.5. The monoisotopic (exact) mass is 350 g/mol. The van der Waals surface area contributed by atoms with Gasteiger partial charge in [-0.2, -0.15) is 4.31 Å². The van der Waals surface area contributed by atoms with Gasteiger partial charge in [0.2, 0.25) is 10.0 Å². The van der Waals surface area contributed by atoms with E-state index >= 15 is 0 Å². The van der Waals surface area contributed by atoms with Gasteiger partial charge in [-0.3, -0.25) is 0 Å². The van der Waals surface area contributed by atoms with E-state index in [9.17, 15) is 8.42 Å². The third kappa shape index (κ3) is 2.84. The van der Waals surface area contributed by atoms with Crippen LogP contribution in [0.15, 0.2) is 45.7 Å². The van der Waals surface area contributed by atoms with Crippen molar-refractivity contribution >= 4 is 37.6 Å². The number of hydrogen-bond acceptors (Lipinski definition) is 6. The van der Waals surface area contributed by atoms with Crippen molar-refractivity contribution in [1.29, 1.82) is 0 Å². The highest BCUT2D eigenvalue weighted by Crippen LogP contribution is 2.32. The van der Waals surface area contributed by atoms with Gasteiger partial charge in [-0.05, 0) is 30.3 Å². The lowest BCUT2D eigenvalue weighted by atomic mass is 10.1. The molecular formula is C16H18N2O5S. The highest BCUT2D eigenvalue weighted by Gasteiger charge is 2.24. The Kier molecular flexibility index (Phi) is 4.46. The summed E-state index contributed by atoms with van der Waals surface area (Å²) in [5.74, 6) is 0. The summed E-state index contributed by atoms with van der Waals surface area (Å²) < 4.78 is 32.2. The second-order valence-corrected chi connectivity index (χ2v) is 7.30. The van der Waals surface area contributed by atoms with Crippen molar-refractivity contribution in [2.45, 2.75) is 4.90 Å². The fourth-order valence-corrected chi connectivity index (χ4v) is 4.11. The summed E-state index contributed by atoms with van der Waals surface area (Å²) >= 11 is 0. The minimum Gasteiger partial charge on any atom is -0.456 e. The molecule has 0 aliphatic carbocycles. The third-order valence-electron chi connectivity index (χ3n) is 3.80. The molecule has 7 nitrogen and oxygen atoms in total. The molecular weight excluding hydrogens is 332 g/mol. The number of aliphatic hydroxyl groups excluding tert-OH is 2. The third-order valence-corrected chi connectivity index (χ3v) is 5.70. The van der Waals surface area contributed by atoms with Crippen LogP contribution in [-0.2, 0) is 10.0 Å². The Morgan fingerprint density at radius 1 is 0.958 bits per heavy atom. The Morgan fingerprint density at radius 2 is 1.67 bits per heavy atom. The molecule has 0 saturated heterocycles. The van der Waals surface area contributed by atoms with Gasteiger partial charge < -0.3 is 20.4 Å². The summed E-state index contributed by atoms with van der Waals surface area (Å²) in [6.07, 6.45) is 0. The second-order valence-electron chi connectivity index (χ2n) is 5.37. The van der Waals surface area contributed by atoms with Crippen molar-refractivity contribution in [3.8, 4) is 0 Å². The molecule has 0 bridgehead atoms. The molecule has 3 rings (SSSR count). The van der Waals surface area contributed by atoms with E-state index in [1.165, 1.54) is 12.1 Å². The minimum absolute atomic E-state index is 0.0798. The lowest BCUT2D eigenvalue weighted by Gasteiger charge is -2.20. The van der Waals surface area contributed by atoms with Gasteiger partial charge in [0.1, 0.15) is 11.2 Å². The summed E-state index contributed by atoms with van der Waals surface area (Å²) in [5.41, 5.74) is 7.45. The lowest BCUT2D eigenvalue weighted by molar-refractivity contribution is 0.217. The van der Waals surface area contributed by atoms with E-state index in [0.717, 1.165) is 9.69 Å². The molecule has 0 aliphatic heterocycles. The van der Waals surface area contributed by atoms with E-state index in [4.69, 9.17) is 20.4 Å². The Morgan fingerprint density at radius 3 is 2.33 bits per heavy atom. The molecule has 3 aromatic rings. The van der Waals surface area contributed by atoms with Crippen LogP contribution >= 0.6 is 0 Å². The number of aliphatic hydroxyl groups is 2. The topological polar surface area (TPSA) is 117 Å². The van der Waals surface area contributed by atoms with E-state index in [1.807, 2.05) is 0 Å². The maximum atomic E-state index is 12.7. The largest absolute Gasteiger partial charge is 0.456 e. The summed E-state index contributed by atoms with van der Waals surface area (Å²) in [5, 5.41) is 19.6. The van der Waals surface area contributed by atoms with Gasteiger partial charge in [0.05, 0.1) is 18.1 Å². The number of fused-ring (bicyclic) bond motifs is 3. The summed E-state index contributed by atoms with van der Waals surface area (Å²) in [6.45, 7) is -0.808. The van der Waals surface area contributed by atoms with Crippen LogP contribution in [0.2, 0.25) is 0 Å². The van der Waals surface area contributed by atoms with Crippen LogP contribution in [0.4, 0.5) is 5.69 Å². The fourth-order valence-electron chi connectivity index (χ4n) is 2.66. The first kappa shape index (κ1) is 16.7. The zero-order valence-electron chi connectivity index (χ0n) is 12.8. The quantitative estimate of drug-likeness (QED) is 0.574. The average molecular weight is 350 g/mol. The van der Waals surface area contributed by atoms with Crippen LogP contribution in [0.1, 0.15) is 0 Å². The maximum absolute atomic E-state index is 12.7. The number of rotatable bonds is 6. The highest BCUT2D eigenvalue weighted by molar-refractivity contribution is 7.89. The van der Waals surface area contributed by atoms with Crippen molar-refractivity contribution in [2.24, 2.45) is 0 Å². The minimum atomic E-state index is -3.82. The maximum Gasteiger partial charge on any atom is 0.243 e. The predicted molar refractivity (Wildman–Crippen MR) is 91.1 cm³/mol. The Labute approximate surface area is 138 Å². The zero-order chi connectivity index (χ0) is 17.3. The Hall–Kier alpha value is -2.13. The van der Waals surface area contributed by atoms with Gasteiger partial charge in [0.15, 0.2) is 0 Å². The van der Waals surface area contributed by atoms with E-state index in [2.05, 4.69) is 0 Å². The van der Waals surface area contributed by atoms with Gasteiger partial charge in [0.25, 0.3) is 0 Å². The molecule has 1 aromatic heterocycles. The van der Waals surface area contributed by atoms with Gasteiger partial charge in [-0.1, -0.05) is 0 Å². The molecule has 0 saturated carbocycles. The van der Waals surface area contributed by atoms with Crippen LogP contribution in [-0.4, -0.2) is 49.2 Å². The predicted octanol–water partition coefficient (Wildman–Crippen LogP) is 1.14. The van der Waals surface area contributed by atoms with Crippen molar-refractivity contribution in [3.63, 3.8) is 0 Å². The highest BCUT2D eigenvalue weighted by atomic mass is 32.2. The number of benzene rings is 2. The summed E-state index contributed by atoms with van der Waals surface area (Å²) in [4.78, 5) is 0.0800. The molecule has 0 aliphatic rings. The van der Waals surface area contributed by atoms with Crippen molar-refractivity contribution in [3.05, 3.63) is 36.4 Å². The standard InChI is InChI=1S/C16H18N2O5S/c17-11-1-3-13-14-10-12(2-4-15(14)23-16(13)9-11)24(21,22)18(5-7-19)6-8-20/h1-4,9-10,19-20H,5-8,17H2. The van der Waals surface area contributed by atoms with E-state index in [0.29, 0.717) is 22.2 Å². The molecule has 4 N–H and O–H groups in total. The normalized spacial score (nSPS) is 12.5. The van der Waals surface area contributed by atoms with Crippen LogP contribution < -0.4 is 5.73 Å². The molecule has 8 heteroatoms. The zero-order valence-corrected chi connectivity index (χ0v) is 13.7. The Bertz CT molecular complexity index is 975. The molecule has 2 aromatic carbocycles. The second kappa shape index (κ2) is 6.40. The fraction of sp³-hybridized carbons (Fsp3) is 0.250. The van der Waals surface area contributed by atoms with Crippen LogP contribution in [0.3, 0.4) is 0 Å². The van der Waals surface area contributed by atoms with Gasteiger partial charge >= 0.3 is 0 Å². The number of furan rings is 1. The molecule has 0 amide bonds. The molecule has 0 radical (unpaired) electrons. The first-order valence-corrected chi connectivity index (χ1v) is 8.85. The van der Waals surface area contributed by atoms with Crippen molar-refractivity contribution < 1.29 is 23.0 Å². The summed E-state index contributed by atoms with van der Waals surface area (Å²) in [6, 6.07) is 9.77. The van der Waals surface area contributed by atoms with Crippen LogP contribution in [0.25, 0.3) is 21.9 Å². The SMILES string of the molecule is Nc1ccc2c(c1)oc1ccc(S(=O)(=O)N(CCO)CCO)cc12. The molecule has 0 fully saturated rings. The molecule has 128 valence electrons. The van der Waals surface area contributed by atoms with Crippen LogP contribution in [0, 0.1) is 0 Å². The Balaban J connectivity index is 2.14. The van der Waals surface area contributed by atoms with E-state index in [1.54, 1.807) is 24.3 Å². The van der Waals surface area contributed by atoms with Gasteiger partial charge in [0, 0.05) is 35.6 Å². The van der Waals surface area contributed by atoms with Gasteiger partial charge in [-0.25, -0.2) is 8.42 Å². The lowest BCUT2D eigenvalue weighted by Crippen LogP contribution is -2.35. The average Bonchev–Trinajstić information content (AvgIpc) is 2.91. The van der Waals surface area contributed by atoms with Crippen LogP contribution in [0.5, 0.6) is 0 Å². The number of hydrogen-bond donors (Lipinski definition) is 3. The van der Waals surface area contributed by atoms with Crippen molar-refractivity contribution in [2.75, 3.05) is 32.0 Å².